The van der Waals surface area contributed by atoms with Gasteiger partial charge in [-0.15, -0.1) is 0 Å². The number of aromatic nitrogens is 2. The van der Waals surface area contributed by atoms with E-state index in [1.54, 1.807) is 22.8 Å². The minimum atomic E-state index is -0.254. The van der Waals surface area contributed by atoms with Crippen LogP contribution in [-0.2, 0) is 16.1 Å². The van der Waals surface area contributed by atoms with E-state index >= 15 is 0 Å². The smallest absolute Gasteiger partial charge is 0.228 e. The van der Waals surface area contributed by atoms with Crippen LogP contribution in [-0.4, -0.2) is 40.1 Å². The highest BCUT2D eigenvalue weighted by molar-refractivity contribution is 5.95. The summed E-state index contributed by atoms with van der Waals surface area (Å²) < 4.78 is 1.78. The molecule has 2 heterocycles. The topological polar surface area (TPSA) is 67.2 Å². The Bertz CT molecular complexity index is 696. The molecule has 1 atom stereocenters. The third-order valence-corrected chi connectivity index (χ3v) is 4.12. The maximum absolute atomic E-state index is 12.3. The Morgan fingerprint density at radius 1 is 1.35 bits per heavy atom. The normalized spacial score (nSPS) is 18.0. The van der Waals surface area contributed by atoms with Crippen molar-refractivity contribution in [2.45, 2.75) is 19.4 Å². The number of hydrogen-bond acceptors (Lipinski definition) is 3. The average molecular weight is 312 g/mol. The van der Waals surface area contributed by atoms with Gasteiger partial charge in [0.2, 0.25) is 11.8 Å². The van der Waals surface area contributed by atoms with E-state index in [2.05, 4.69) is 10.4 Å². The maximum Gasteiger partial charge on any atom is 0.228 e. The van der Waals surface area contributed by atoms with Crippen LogP contribution in [0, 0.1) is 5.92 Å². The lowest BCUT2D eigenvalue weighted by Crippen LogP contribution is -2.39. The summed E-state index contributed by atoms with van der Waals surface area (Å²) in [5.41, 5.74) is 1.81. The quantitative estimate of drug-likeness (QED) is 0.935. The van der Waals surface area contributed by atoms with Gasteiger partial charge in [-0.25, -0.2) is 0 Å². The number of nitrogens with zero attached hydrogens (tertiary/aromatic N) is 3. The van der Waals surface area contributed by atoms with Crippen molar-refractivity contribution in [1.29, 1.82) is 0 Å². The monoisotopic (exact) mass is 312 g/mol. The van der Waals surface area contributed by atoms with Crippen LogP contribution in [0.25, 0.3) is 0 Å². The lowest BCUT2D eigenvalue weighted by molar-refractivity contribution is -0.137. The molecule has 1 N–H and O–H groups in total. The first-order valence-corrected chi connectivity index (χ1v) is 7.73. The van der Waals surface area contributed by atoms with Gasteiger partial charge < -0.3 is 10.2 Å². The Morgan fingerprint density at radius 3 is 2.87 bits per heavy atom. The third kappa shape index (κ3) is 3.77. The summed E-state index contributed by atoms with van der Waals surface area (Å²) in [4.78, 5) is 25.6. The fourth-order valence-electron chi connectivity index (χ4n) is 2.70. The van der Waals surface area contributed by atoms with Crippen molar-refractivity contribution in [1.82, 2.24) is 14.7 Å². The second-order valence-corrected chi connectivity index (χ2v) is 5.91. The average Bonchev–Trinajstić information content (AvgIpc) is 2.98. The second kappa shape index (κ2) is 6.64. The molecule has 1 fully saturated rings. The molecule has 0 radical (unpaired) electrons. The van der Waals surface area contributed by atoms with Gasteiger partial charge in [-0.2, -0.15) is 5.10 Å². The van der Waals surface area contributed by atoms with Crippen molar-refractivity contribution in [3.8, 4) is 0 Å². The number of anilines is 1. The highest BCUT2D eigenvalue weighted by atomic mass is 16.2. The van der Waals surface area contributed by atoms with Crippen LogP contribution < -0.4 is 5.32 Å². The zero-order valence-corrected chi connectivity index (χ0v) is 13.1. The lowest BCUT2D eigenvalue weighted by Gasteiger charge is -2.27. The molecule has 1 aromatic heterocycles. The molecule has 120 valence electrons. The first-order valence-electron chi connectivity index (χ1n) is 7.73. The summed E-state index contributed by atoms with van der Waals surface area (Å²) >= 11 is 0. The molecule has 6 nitrogen and oxygen atoms in total. The van der Waals surface area contributed by atoms with Crippen molar-refractivity contribution in [2.24, 2.45) is 5.92 Å². The summed E-state index contributed by atoms with van der Waals surface area (Å²) in [6, 6.07) is 10.0. The van der Waals surface area contributed by atoms with Gasteiger partial charge in [0.1, 0.15) is 0 Å². The first kappa shape index (κ1) is 15.3. The summed E-state index contributed by atoms with van der Waals surface area (Å²) in [5.74, 6) is -0.335. The zero-order chi connectivity index (χ0) is 16.2. The number of likely N-dealkylation sites (tertiary alicyclic amines) is 1. The Kier molecular flexibility index (Phi) is 4.41. The first-order chi connectivity index (χ1) is 11.1. The summed E-state index contributed by atoms with van der Waals surface area (Å²) in [7, 11) is 1.77. The molecular formula is C17H20N4O2. The molecule has 23 heavy (non-hydrogen) atoms. The third-order valence-electron chi connectivity index (χ3n) is 4.12. The van der Waals surface area contributed by atoms with Gasteiger partial charge in [0.05, 0.1) is 18.4 Å². The number of piperidine rings is 1. The van der Waals surface area contributed by atoms with E-state index < -0.39 is 0 Å². The molecule has 1 aromatic carbocycles. The van der Waals surface area contributed by atoms with Gasteiger partial charge in [0, 0.05) is 32.1 Å². The van der Waals surface area contributed by atoms with E-state index in [9.17, 15) is 9.59 Å². The molecule has 0 saturated carbocycles. The largest absolute Gasteiger partial charge is 0.346 e. The molecule has 1 saturated heterocycles. The van der Waals surface area contributed by atoms with Crippen LogP contribution in [0.4, 0.5) is 5.69 Å². The SMILES string of the molecule is CN1CC[C@@H](C(=O)Nc2cnn(Cc3ccccc3)c2)CC1=O. The van der Waals surface area contributed by atoms with E-state index in [0.717, 1.165) is 5.56 Å². The van der Waals surface area contributed by atoms with Crippen molar-refractivity contribution in [3.05, 3.63) is 48.3 Å². The van der Waals surface area contributed by atoms with Gasteiger partial charge in [-0.3, -0.25) is 14.3 Å². The minimum absolute atomic E-state index is 0.0242. The lowest BCUT2D eigenvalue weighted by atomic mass is 9.95. The van der Waals surface area contributed by atoms with E-state index in [0.29, 0.717) is 25.2 Å². The molecule has 2 aromatic rings. The molecule has 0 bridgehead atoms. The molecule has 1 aliphatic heterocycles. The molecular weight excluding hydrogens is 292 g/mol. The number of nitrogens with one attached hydrogen (secondary N) is 1. The van der Waals surface area contributed by atoms with Gasteiger partial charge >= 0.3 is 0 Å². The highest BCUT2D eigenvalue weighted by Crippen LogP contribution is 2.19. The number of amides is 2. The van der Waals surface area contributed by atoms with E-state index in [1.165, 1.54) is 0 Å². The predicted octanol–water partition coefficient (Wildman–Crippen LogP) is 1.74. The zero-order valence-electron chi connectivity index (χ0n) is 13.1. The van der Waals surface area contributed by atoms with Crippen molar-refractivity contribution >= 4 is 17.5 Å². The highest BCUT2D eigenvalue weighted by Gasteiger charge is 2.28. The summed E-state index contributed by atoms with van der Waals surface area (Å²) in [6.45, 7) is 1.29. The van der Waals surface area contributed by atoms with E-state index in [-0.39, 0.29) is 24.2 Å². The Morgan fingerprint density at radius 2 is 2.13 bits per heavy atom. The predicted molar refractivity (Wildman–Crippen MR) is 86.8 cm³/mol. The number of hydrogen-bond donors (Lipinski definition) is 1. The van der Waals surface area contributed by atoms with Crippen molar-refractivity contribution < 1.29 is 9.59 Å². The Hall–Kier alpha value is -2.63. The standard InChI is InChI=1S/C17H20N4O2/c1-20-8-7-14(9-16(20)22)17(23)19-15-10-18-21(12-15)11-13-5-3-2-4-6-13/h2-6,10,12,14H,7-9,11H2,1H3,(H,19,23)/t14-/m1/s1. The van der Waals surface area contributed by atoms with Crippen LogP contribution in [0.2, 0.25) is 0 Å². The summed E-state index contributed by atoms with van der Waals surface area (Å²) in [5, 5.41) is 7.12. The second-order valence-electron chi connectivity index (χ2n) is 5.91. The summed E-state index contributed by atoms with van der Waals surface area (Å²) in [6.07, 6.45) is 4.42. The van der Waals surface area contributed by atoms with Crippen LogP contribution in [0.1, 0.15) is 18.4 Å². The fourth-order valence-corrected chi connectivity index (χ4v) is 2.70. The molecule has 2 amide bonds. The number of benzene rings is 1. The van der Waals surface area contributed by atoms with Gasteiger partial charge in [-0.1, -0.05) is 30.3 Å². The van der Waals surface area contributed by atoms with Crippen LogP contribution in [0.3, 0.4) is 0 Å². The van der Waals surface area contributed by atoms with E-state index in [4.69, 9.17) is 0 Å². The van der Waals surface area contributed by atoms with Crippen LogP contribution in [0.5, 0.6) is 0 Å². The molecule has 6 heteroatoms. The molecule has 0 spiro atoms. The number of carbonyl (C=O) groups is 2. The fraction of sp³-hybridized carbons (Fsp3) is 0.353. The Balaban J connectivity index is 1.58. The van der Waals surface area contributed by atoms with Crippen LogP contribution >= 0.6 is 0 Å². The van der Waals surface area contributed by atoms with Crippen molar-refractivity contribution in [2.75, 3.05) is 18.9 Å². The molecule has 1 aliphatic rings. The maximum atomic E-state index is 12.3. The van der Waals surface area contributed by atoms with E-state index in [1.807, 2.05) is 36.5 Å². The van der Waals surface area contributed by atoms with Crippen molar-refractivity contribution in [3.63, 3.8) is 0 Å². The van der Waals surface area contributed by atoms with Gasteiger partial charge in [-0.05, 0) is 12.0 Å². The molecule has 0 unspecified atom stereocenters. The number of rotatable bonds is 4. The molecule has 0 aliphatic carbocycles. The minimum Gasteiger partial charge on any atom is -0.346 e. The van der Waals surface area contributed by atoms with Crippen LogP contribution in [0.15, 0.2) is 42.7 Å². The molecule has 3 rings (SSSR count). The van der Waals surface area contributed by atoms with Gasteiger partial charge in [0.15, 0.2) is 0 Å². The Labute approximate surface area is 135 Å². The van der Waals surface area contributed by atoms with Gasteiger partial charge in [0.25, 0.3) is 0 Å². The number of carbonyl (C=O) groups excluding carboxylic acids is 2.